The summed E-state index contributed by atoms with van der Waals surface area (Å²) in [6, 6.07) is 5.74. The van der Waals surface area contributed by atoms with Crippen LogP contribution in [0.25, 0.3) is 0 Å². The number of carbonyl (C=O) groups excluding carboxylic acids is 2. The number of amides is 2. The zero-order chi connectivity index (χ0) is 16.9. The molecule has 24 heavy (non-hydrogen) atoms. The Morgan fingerprint density at radius 2 is 2.17 bits per heavy atom. The fourth-order valence-electron chi connectivity index (χ4n) is 2.90. The molecule has 2 amide bonds. The van der Waals surface area contributed by atoms with Crippen molar-refractivity contribution in [2.75, 3.05) is 13.1 Å². The second kappa shape index (κ2) is 7.21. The minimum absolute atomic E-state index is 0.0471. The highest BCUT2D eigenvalue weighted by Crippen LogP contribution is 2.21. The lowest BCUT2D eigenvalue weighted by atomic mass is 9.96. The molecular weight excluding hydrogens is 304 g/mol. The van der Waals surface area contributed by atoms with Crippen molar-refractivity contribution >= 4 is 11.8 Å². The fourth-order valence-corrected chi connectivity index (χ4v) is 2.90. The van der Waals surface area contributed by atoms with Crippen molar-refractivity contribution in [2.24, 2.45) is 0 Å². The number of nitrogens with zero attached hydrogens (tertiary/aromatic N) is 3. The Labute approximate surface area is 140 Å². The average Bonchev–Trinajstić information content (AvgIpc) is 2.61. The molecule has 3 rings (SSSR count). The lowest BCUT2D eigenvalue weighted by molar-refractivity contribution is -0.129. The van der Waals surface area contributed by atoms with Gasteiger partial charge in [-0.15, -0.1) is 0 Å². The third kappa shape index (κ3) is 3.59. The Morgan fingerprint density at radius 1 is 1.29 bits per heavy atom. The molecular formula is C18H20N4O2. The molecule has 6 nitrogen and oxygen atoms in total. The SMILES string of the molecule is CC(=O)N1CCc2c(cncc2C(=O)NCCc2ccccn2)C1. The third-order valence-electron chi connectivity index (χ3n) is 4.22. The topological polar surface area (TPSA) is 75.2 Å². The number of aromatic nitrogens is 2. The Bertz CT molecular complexity index is 746. The summed E-state index contributed by atoms with van der Waals surface area (Å²) < 4.78 is 0. The van der Waals surface area contributed by atoms with E-state index in [1.807, 2.05) is 18.2 Å². The van der Waals surface area contributed by atoms with Crippen LogP contribution in [0.2, 0.25) is 0 Å². The lowest BCUT2D eigenvalue weighted by Gasteiger charge is -2.28. The van der Waals surface area contributed by atoms with E-state index in [1.54, 1.807) is 30.4 Å². The zero-order valence-electron chi connectivity index (χ0n) is 13.7. The van der Waals surface area contributed by atoms with Crippen LogP contribution in [-0.2, 0) is 24.2 Å². The summed E-state index contributed by atoms with van der Waals surface area (Å²) in [7, 11) is 0. The van der Waals surface area contributed by atoms with Gasteiger partial charge in [-0.25, -0.2) is 0 Å². The number of nitrogens with one attached hydrogen (secondary N) is 1. The van der Waals surface area contributed by atoms with E-state index >= 15 is 0 Å². The smallest absolute Gasteiger partial charge is 0.253 e. The van der Waals surface area contributed by atoms with Crippen molar-refractivity contribution in [3.8, 4) is 0 Å². The molecule has 0 radical (unpaired) electrons. The maximum Gasteiger partial charge on any atom is 0.253 e. The van der Waals surface area contributed by atoms with Gasteiger partial charge in [-0.1, -0.05) is 6.07 Å². The van der Waals surface area contributed by atoms with E-state index in [0.717, 1.165) is 16.8 Å². The normalized spacial score (nSPS) is 13.3. The van der Waals surface area contributed by atoms with Crippen molar-refractivity contribution in [1.29, 1.82) is 0 Å². The van der Waals surface area contributed by atoms with E-state index in [0.29, 0.717) is 38.0 Å². The van der Waals surface area contributed by atoms with Crippen LogP contribution in [-0.4, -0.2) is 39.8 Å². The summed E-state index contributed by atoms with van der Waals surface area (Å²) in [6.45, 7) is 3.25. The van der Waals surface area contributed by atoms with E-state index in [-0.39, 0.29) is 11.8 Å². The summed E-state index contributed by atoms with van der Waals surface area (Å²) in [5.41, 5.74) is 3.51. The van der Waals surface area contributed by atoms with E-state index in [2.05, 4.69) is 15.3 Å². The highest BCUT2D eigenvalue weighted by Gasteiger charge is 2.23. The van der Waals surface area contributed by atoms with Gasteiger partial charge in [0.05, 0.1) is 5.56 Å². The van der Waals surface area contributed by atoms with Crippen LogP contribution in [0.1, 0.15) is 34.1 Å². The molecule has 0 aromatic carbocycles. The number of hydrogen-bond donors (Lipinski definition) is 1. The molecule has 0 saturated carbocycles. The van der Waals surface area contributed by atoms with Gasteiger partial charge in [-0.3, -0.25) is 19.6 Å². The summed E-state index contributed by atoms with van der Waals surface area (Å²) in [4.78, 5) is 34.2. The second-order valence-electron chi connectivity index (χ2n) is 5.84. The van der Waals surface area contributed by atoms with Gasteiger partial charge in [0.1, 0.15) is 0 Å². The minimum Gasteiger partial charge on any atom is -0.352 e. The molecule has 124 valence electrons. The zero-order valence-corrected chi connectivity index (χ0v) is 13.7. The molecule has 0 atom stereocenters. The fraction of sp³-hybridized carbons (Fsp3) is 0.333. The first-order valence-corrected chi connectivity index (χ1v) is 8.04. The monoisotopic (exact) mass is 324 g/mol. The molecule has 0 saturated heterocycles. The van der Waals surface area contributed by atoms with Gasteiger partial charge in [-0.2, -0.15) is 0 Å². The van der Waals surface area contributed by atoms with Gasteiger partial charge in [-0.05, 0) is 29.7 Å². The van der Waals surface area contributed by atoms with Gasteiger partial charge in [0, 0.05) is 57.3 Å². The van der Waals surface area contributed by atoms with E-state index < -0.39 is 0 Å². The van der Waals surface area contributed by atoms with Gasteiger partial charge in [0.2, 0.25) is 5.91 Å². The summed E-state index contributed by atoms with van der Waals surface area (Å²) in [6.07, 6.45) is 6.47. The second-order valence-corrected chi connectivity index (χ2v) is 5.84. The molecule has 1 aliphatic rings. The average molecular weight is 324 g/mol. The van der Waals surface area contributed by atoms with Crippen LogP contribution in [0.4, 0.5) is 0 Å². The summed E-state index contributed by atoms with van der Waals surface area (Å²) in [5.74, 6) is -0.0718. The Hall–Kier alpha value is -2.76. The molecule has 2 aromatic rings. The standard InChI is InChI=1S/C18H20N4O2/c1-13(23)22-9-6-16-14(12-22)10-19-11-17(16)18(24)21-8-5-15-4-2-3-7-20-15/h2-4,7,10-11H,5-6,8-9,12H2,1H3,(H,21,24). The predicted molar refractivity (Wildman–Crippen MR) is 89.3 cm³/mol. The maximum absolute atomic E-state index is 12.5. The molecule has 0 fully saturated rings. The molecule has 2 aromatic heterocycles. The van der Waals surface area contributed by atoms with Crippen LogP contribution >= 0.6 is 0 Å². The van der Waals surface area contributed by atoms with Crippen molar-refractivity contribution in [1.82, 2.24) is 20.2 Å². The van der Waals surface area contributed by atoms with Crippen LogP contribution in [0.3, 0.4) is 0 Å². The Balaban J connectivity index is 1.65. The molecule has 6 heteroatoms. The number of rotatable bonds is 4. The van der Waals surface area contributed by atoms with Gasteiger partial charge >= 0.3 is 0 Å². The molecule has 1 aliphatic heterocycles. The van der Waals surface area contributed by atoms with Crippen molar-refractivity contribution < 1.29 is 9.59 Å². The quantitative estimate of drug-likeness (QED) is 0.921. The van der Waals surface area contributed by atoms with Gasteiger partial charge in [0.15, 0.2) is 0 Å². The lowest BCUT2D eigenvalue weighted by Crippen LogP contribution is -2.36. The van der Waals surface area contributed by atoms with Crippen LogP contribution < -0.4 is 5.32 Å². The first-order valence-electron chi connectivity index (χ1n) is 8.04. The molecule has 0 spiro atoms. The molecule has 1 N–H and O–H groups in total. The van der Waals surface area contributed by atoms with Gasteiger partial charge in [0.25, 0.3) is 5.91 Å². The Morgan fingerprint density at radius 3 is 2.92 bits per heavy atom. The number of carbonyl (C=O) groups is 2. The van der Waals surface area contributed by atoms with Gasteiger partial charge < -0.3 is 10.2 Å². The van der Waals surface area contributed by atoms with Crippen molar-refractivity contribution in [3.63, 3.8) is 0 Å². The predicted octanol–water partition coefficient (Wildman–Crippen LogP) is 1.35. The van der Waals surface area contributed by atoms with Crippen molar-refractivity contribution in [3.05, 3.63) is 59.2 Å². The minimum atomic E-state index is -0.119. The Kier molecular flexibility index (Phi) is 4.84. The van der Waals surface area contributed by atoms with E-state index in [4.69, 9.17) is 0 Å². The number of hydrogen-bond acceptors (Lipinski definition) is 4. The van der Waals surface area contributed by atoms with Crippen LogP contribution in [0.5, 0.6) is 0 Å². The summed E-state index contributed by atoms with van der Waals surface area (Å²) in [5, 5.41) is 2.93. The van der Waals surface area contributed by atoms with Crippen LogP contribution in [0.15, 0.2) is 36.8 Å². The largest absolute Gasteiger partial charge is 0.352 e. The van der Waals surface area contributed by atoms with Crippen molar-refractivity contribution in [2.45, 2.75) is 26.3 Å². The van der Waals surface area contributed by atoms with E-state index in [1.165, 1.54) is 0 Å². The molecule has 0 bridgehead atoms. The maximum atomic E-state index is 12.5. The van der Waals surface area contributed by atoms with Crippen LogP contribution in [0, 0.1) is 0 Å². The molecule has 0 aliphatic carbocycles. The number of fused-ring (bicyclic) bond motifs is 1. The highest BCUT2D eigenvalue weighted by molar-refractivity contribution is 5.95. The summed E-state index contributed by atoms with van der Waals surface area (Å²) >= 11 is 0. The van der Waals surface area contributed by atoms with E-state index in [9.17, 15) is 9.59 Å². The number of pyridine rings is 2. The first kappa shape index (κ1) is 16.1. The molecule has 0 unspecified atom stereocenters. The highest BCUT2D eigenvalue weighted by atomic mass is 16.2. The molecule has 3 heterocycles. The third-order valence-corrected chi connectivity index (χ3v) is 4.22. The first-order chi connectivity index (χ1) is 11.6.